The average Bonchev–Trinajstić information content (AvgIpc) is 2.48. The number of fused-ring (bicyclic) bond motifs is 1. The minimum Gasteiger partial charge on any atom is -0.219 e. The molecule has 20 heavy (non-hydrogen) atoms. The van der Waals surface area contributed by atoms with Crippen LogP contribution in [0.15, 0.2) is 64.9 Å². The molecule has 2 aromatic rings. The Morgan fingerprint density at radius 2 is 1.65 bits per heavy atom. The van der Waals surface area contributed by atoms with E-state index in [0.29, 0.717) is 9.79 Å². The van der Waals surface area contributed by atoms with E-state index in [1.54, 1.807) is 30.3 Å². The number of rotatable bonds is 2. The summed E-state index contributed by atoms with van der Waals surface area (Å²) in [5.74, 6) is 0. The fourth-order valence-electron chi connectivity index (χ4n) is 2.65. The summed E-state index contributed by atoms with van der Waals surface area (Å²) in [4.78, 5) is 0.715. The summed E-state index contributed by atoms with van der Waals surface area (Å²) in [6.45, 7) is 4.06. The molecule has 1 aliphatic rings. The highest BCUT2D eigenvalue weighted by molar-refractivity contribution is 7.91. The standard InChI is InChI=1S/C17H16O2S/c1-13-6-5-7-14-12-16(10-11-17(13)14)20(18,19)15-8-3-2-4-9-15/h2-4,8-12H,1,5-7H2. The second kappa shape index (κ2) is 4.91. The zero-order valence-corrected chi connectivity index (χ0v) is 12.0. The Morgan fingerprint density at radius 3 is 2.40 bits per heavy atom. The van der Waals surface area contributed by atoms with Gasteiger partial charge in [-0.15, -0.1) is 0 Å². The molecule has 0 aliphatic heterocycles. The van der Waals surface area contributed by atoms with Crippen LogP contribution >= 0.6 is 0 Å². The van der Waals surface area contributed by atoms with Crippen LogP contribution in [0.4, 0.5) is 0 Å². The van der Waals surface area contributed by atoms with E-state index < -0.39 is 9.84 Å². The number of benzene rings is 2. The van der Waals surface area contributed by atoms with Crippen LogP contribution in [-0.4, -0.2) is 8.42 Å². The zero-order valence-electron chi connectivity index (χ0n) is 11.2. The number of allylic oxidation sites excluding steroid dienone is 1. The molecular weight excluding hydrogens is 268 g/mol. The topological polar surface area (TPSA) is 34.1 Å². The van der Waals surface area contributed by atoms with Gasteiger partial charge in [0.25, 0.3) is 0 Å². The molecule has 102 valence electrons. The molecule has 0 spiro atoms. The summed E-state index contributed by atoms with van der Waals surface area (Å²) in [5, 5.41) is 0. The number of hydrogen-bond acceptors (Lipinski definition) is 2. The number of hydrogen-bond donors (Lipinski definition) is 0. The number of aryl methyl sites for hydroxylation is 1. The van der Waals surface area contributed by atoms with Gasteiger partial charge in [-0.25, -0.2) is 8.42 Å². The molecule has 0 unspecified atom stereocenters. The lowest BCUT2D eigenvalue weighted by atomic mass is 9.88. The predicted octanol–water partition coefficient (Wildman–Crippen LogP) is 3.87. The van der Waals surface area contributed by atoms with E-state index in [1.165, 1.54) is 0 Å². The van der Waals surface area contributed by atoms with Gasteiger partial charge in [-0.05, 0) is 60.2 Å². The maximum absolute atomic E-state index is 12.6. The molecule has 0 radical (unpaired) electrons. The Labute approximate surface area is 119 Å². The van der Waals surface area contributed by atoms with Crippen LogP contribution in [0.2, 0.25) is 0 Å². The van der Waals surface area contributed by atoms with Gasteiger partial charge in [0.1, 0.15) is 0 Å². The van der Waals surface area contributed by atoms with Gasteiger partial charge in [-0.3, -0.25) is 0 Å². The van der Waals surface area contributed by atoms with Gasteiger partial charge < -0.3 is 0 Å². The first kappa shape index (κ1) is 13.1. The first-order valence-electron chi connectivity index (χ1n) is 6.70. The Balaban J connectivity index is 2.10. The molecule has 0 N–H and O–H groups in total. The minimum atomic E-state index is -3.42. The van der Waals surface area contributed by atoms with Crippen molar-refractivity contribution in [3.05, 3.63) is 66.2 Å². The van der Waals surface area contributed by atoms with Crippen molar-refractivity contribution in [1.29, 1.82) is 0 Å². The Morgan fingerprint density at radius 1 is 0.900 bits per heavy atom. The minimum absolute atomic E-state index is 0.342. The molecule has 0 saturated carbocycles. The molecule has 0 fully saturated rings. The van der Waals surface area contributed by atoms with Gasteiger partial charge >= 0.3 is 0 Å². The van der Waals surface area contributed by atoms with Crippen LogP contribution in [0.5, 0.6) is 0 Å². The molecule has 3 rings (SSSR count). The normalized spacial score (nSPS) is 14.9. The zero-order chi connectivity index (χ0) is 14.2. The van der Waals surface area contributed by atoms with Crippen LogP contribution in [-0.2, 0) is 16.3 Å². The van der Waals surface area contributed by atoms with Gasteiger partial charge in [0, 0.05) is 0 Å². The van der Waals surface area contributed by atoms with E-state index in [9.17, 15) is 8.42 Å². The third-order valence-electron chi connectivity index (χ3n) is 3.75. The second-order valence-corrected chi connectivity index (χ2v) is 7.04. The first-order chi connectivity index (χ1) is 9.59. The van der Waals surface area contributed by atoms with E-state index in [1.807, 2.05) is 18.2 Å². The van der Waals surface area contributed by atoms with Crippen molar-refractivity contribution in [3.8, 4) is 0 Å². The van der Waals surface area contributed by atoms with Crippen molar-refractivity contribution < 1.29 is 8.42 Å². The van der Waals surface area contributed by atoms with Crippen LogP contribution in [0.3, 0.4) is 0 Å². The largest absolute Gasteiger partial charge is 0.219 e. The predicted molar refractivity (Wildman–Crippen MR) is 80.3 cm³/mol. The highest BCUT2D eigenvalue weighted by Gasteiger charge is 2.20. The van der Waals surface area contributed by atoms with Crippen molar-refractivity contribution in [3.63, 3.8) is 0 Å². The Bertz CT molecular complexity index is 759. The summed E-state index contributed by atoms with van der Waals surface area (Å²) in [6.07, 6.45) is 2.96. The molecule has 0 amide bonds. The van der Waals surface area contributed by atoms with Crippen molar-refractivity contribution in [2.45, 2.75) is 29.1 Å². The van der Waals surface area contributed by atoms with Crippen molar-refractivity contribution in [2.75, 3.05) is 0 Å². The lowest BCUT2D eigenvalue weighted by Crippen LogP contribution is -2.06. The average molecular weight is 284 g/mol. The third-order valence-corrected chi connectivity index (χ3v) is 5.51. The second-order valence-electron chi connectivity index (χ2n) is 5.09. The first-order valence-corrected chi connectivity index (χ1v) is 8.18. The summed E-state index contributed by atoms with van der Waals surface area (Å²) in [7, 11) is -3.42. The van der Waals surface area contributed by atoms with Gasteiger partial charge in [0.05, 0.1) is 9.79 Å². The quantitative estimate of drug-likeness (QED) is 0.839. The van der Waals surface area contributed by atoms with Crippen molar-refractivity contribution >= 4 is 15.4 Å². The van der Waals surface area contributed by atoms with Gasteiger partial charge in [-0.1, -0.05) is 30.8 Å². The summed E-state index contributed by atoms with van der Waals surface area (Å²) >= 11 is 0. The lowest BCUT2D eigenvalue weighted by molar-refractivity contribution is 0.596. The highest BCUT2D eigenvalue weighted by atomic mass is 32.2. The SMILES string of the molecule is C=C1CCCc2cc(S(=O)(=O)c3ccccc3)ccc21. The third kappa shape index (κ3) is 2.18. The molecule has 3 heteroatoms. The van der Waals surface area contributed by atoms with E-state index in [4.69, 9.17) is 0 Å². The van der Waals surface area contributed by atoms with Gasteiger partial charge in [-0.2, -0.15) is 0 Å². The molecule has 2 nitrogen and oxygen atoms in total. The highest BCUT2D eigenvalue weighted by Crippen LogP contribution is 2.32. The van der Waals surface area contributed by atoms with E-state index in [-0.39, 0.29) is 0 Å². The van der Waals surface area contributed by atoms with Crippen LogP contribution in [0.25, 0.3) is 5.57 Å². The maximum Gasteiger partial charge on any atom is 0.206 e. The van der Waals surface area contributed by atoms with Crippen molar-refractivity contribution in [1.82, 2.24) is 0 Å². The molecule has 1 aliphatic carbocycles. The molecule has 0 bridgehead atoms. The van der Waals surface area contributed by atoms with Gasteiger partial charge in [0.2, 0.25) is 9.84 Å². The maximum atomic E-state index is 12.6. The van der Waals surface area contributed by atoms with Crippen molar-refractivity contribution in [2.24, 2.45) is 0 Å². The summed E-state index contributed by atoms with van der Waals surface area (Å²) in [5.41, 5.74) is 3.32. The molecule has 0 heterocycles. The number of sulfone groups is 1. The Hall–Kier alpha value is -1.87. The molecule has 0 atom stereocenters. The van der Waals surface area contributed by atoms with Gasteiger partial charge in [0.15, 0.2) is 0 Å². The molecule has 0 aromatic heterocycles. The fraction of sp³-hybridized carbons (Fsp3) is 0.176. The smallest absolute Gasteiger partial charge is 0.206 e. The Kier molecular flexibility index (Phi) is 3.22. The van der Waals surface area contributed by atoms with Crippen LogP contribution in [0, 0.1) is 0 Å². The molecule has 2 aromatic carbocycles. The summed E-state index contributed by atoms with van der Waals surface area (Å²) in [6, 6.07) is 14.0. The van der Waals surface area contributed by atoms with Crippen LogP contribution < -0.4 is 0 Å². The molecule has 0 saturated heterocycles. The monoisotopic (exact) mass is 284 g/mol. The van der Waals surface area contributed by atoms with E-state index >= 15 is 0 Å². The lowest BCUT2D eigenvalue weighted by Gasteiger charge is -2.19. The fourth-order valence-corrected chi connectivity index (χ4v) is 3.98. The van der Waals surface area contributed by atoms with E-state index in [2.05, 4.69) is 6.58 Å². The molecular formula is C17H16O2S. The summed E-state index contributed by atoms with van der Waals surface area (Å²) < 4.78 is 25.2. The van der Waals surface area contributed by atoms with E-state index in [0.717, 1.165) is 36.0 Å². The van der Waals surface area contributed by atoms with Crippen LogP contribution in [0.1, 0.15) is 24.0 Å².